The van der Waals surface area contributed by atoms with Crippen LogP contribution in [0.25, 0.3) is 0 Å². The number of nitrogens with zero attached hydrogens (tertiary/aromatic N) is 1. The molecule has 3 aromatic carbocycles. The van der Waals surface area contributed by atoms with Crippen molar-refractivity contribution in [3.63, 3.8) is 0 Å². The van der Waals surface area contributed by atoms with Crippen LogP contribution in [0.4, 0.5) is 4.79 Å². The van der Waals surface area contributed by atoms with E-state index >= 15 is 0 Å². The van der Waals surface area contributed by atoms with Crippen LogP contribution in [0.3, 0.4) is 0 Å². The molecule has 1 aliphatic carbocycles. The van der Waals surface area contributed by atoms with Gasteiger partial charge in [0.25, 0.3) is 0 Å². The molecule has 3 aromatic rings. The average molecular weight is 554 g/mol. The van der Waals surface area contributed by atoms with Crippen LogP contribution < -0.4 is 4.74 Å². The van der Waals surface area contributed by atoms with E-state index in [4.69, 9.17) is 14.2 Å². The van der Waals surface area contributed by atoms with Gasteiger partial charge in [0.05, 0.1) is 19.3 Å². The summed E-state index contributed by atoms with van der Waals surface area (Å²) < 4.78 is 17.8. The van der Waals surface area contributed by atoms with Gasteiger partial charge in [0.1, 0.15) is 5.75 Å². The number of hydrogen-bond acceptors (Lipinski definition) is 4. The van der Waals surface area contributed by atoms with Gasteiger partial charge in [0, 0.05) is 19.3 Å². The Bertz CT molecular complexity index is 1210. The van der Waals surface area contributed by atoms with Gasteiger partial charge in [-0.1, -0.05) is 91.4 Å². The van der Waals surface area contributed by atoms with Gasteiger partial charge in [-0.2, -0.15) is 0 Å². The van der Waals surface area contributed by atoms with Crippen molar-refractivity contribution < 1.29 is 19.0 Å². The van der Waals surface area contributed by atoms with Crippen molar-refractivity contribution in [2.24, 2.45) is 5.92 Å². The number of para-hydroxylation sites is 1. The fourth-order valence-electron chi connectivity index (χ4n) is 6.27. The van der Waals surface area contributed by atoms with E-state index in [-0.39, 0.29) is 18.2 Å². The van der Waals surface area contributed by atoms with E-state index in [1.165, 1.54) is 23.1 Å². The lowest BCUT2D eigenvalue weighted by Gasteiger charge is -2.46. The van der Waals surface area contributed by atoms with Crippen LogP contribution in [0.15, 0.2) is 103 Å². The van der Waals surface area contributed by atoms with Gasteiger partial charge in [-0.15, -0.1) is 0 Å². The second kappa shape index (κ2) is 15.6. The first-order valence-corrected chi connectivity index (χ1v) is 15.3. The molecule has 5 heteroatoms. The van der Waals surface area contributed by atoms with E-state index in [0.29, 0.717) is 31.5 Å². The topological polar surface area (TPSA) is 48.0 Å². The molecule has 0 spiro atoms. The molecular weight excluding hydrogens is 510 g/mol. The Kier molecular flexibility index (Phi) is 11.0. The molecule has 216 valence electrons. The zero-order valence-corrected chi connectivity index (χ0v) is 24.0. The fraction of sp³-hybridized carbons (Fsp3) is 0.417. The average Bonchev–Trinajstić information content (AvgIpc) is 3.02. The van der Waals surface area contributed by atoms with Crippen molar-refractivity contribution in [2.75, 3.05) is 13.2 Å². The minimum absolute atomic E-state index is 0.110. The lowest BCUT2D eigenvalue weighted by atomic mass is 9.74. The molecule has 5 nitrogen and oxygen atoms in total. The molecule has 0 radical (unpaired) electrons. The van der Waals surface area contributed by atoms with Crippen molar-refractivity contribution in [1.29, 1.82) is 0 Å². The normalized spacial score (nSPS) is 20.2. The van der Waals surface area contributed by atoms with Crippen LogP contribution in [0.2, 0.25) is 0 Å². The third-order valence-electron chi connectivity index (χ3n) is 8.29. The second-order valence-corrected chi connectivity index (χ2v) is 11.2. The van der Waals surface area contributed by atoms with Crippen LogP contribution in [0, 0.1) is 5.92 Å². The summed E-state index contributed by atoms with van der Waals surface area (Å²) in [6, 6.07) is 30.3. The number of amides is 1. The minimum atomic E-state index is -0.228. The van der Waals surface area contributed by atoms with E-state index in [2.05, 4.69) is 47.4 Å². The van der Waals surface area contributed by atoms with E-state index in [1.807, 2.05) is 54.6 Å². The van der Waals surface area contributed by atoms with Gasteiger partial charge in [-0.25, -0.2) is 4.79 Å². The molecule has 1 saturated carbocycles. The Morgan fingerprint density at radius 3 is 1.95 bits per heavy atom. The zero-order valence-electron chi connectivity index (χ0n) is 24.0. The van der Waals surface area contributed by atoms with Crippen LogP contribution in [-0.4, -0.2) is 36.3 Å². The SMILES string of the molecule is O=C(Oc1ccccc1)N1[C@H](CCCOCc2ccccc2)CC=C2[C@@H](CCCOCc3ccccc3)CCC[C@@H]21. The Morgan fingerprint density at radius 1 is 0.732 bits per heavy atom. The summed E-state index contributed by atoms with van der Waals surface area (Å²) in [5.41, 5.74) is 3.83. The molecule has 5 rings (SSSR count). The maximum Gasteiger partial charge on any atom is 0.416 e. The smallest absolute Gasteiger partial charge is 0.410 e. The van der Waals surface area contributed by atoms with Crippen LogP contribution in [0.5, 0.6) is 5.75 Å². The van der Waals surface area contributed by atoms with Gasteiger partial charge in [-0.05, 0) is 79.7 Å². The first kappa shape index (κ1) is 29.1. The van der Waals surface area contributed by atoms with Crippen LogP contribution in [0.1, 0.15) is 62.5 Å². The number of fused-ring (bicyclic) bond motifs is 1. The molecule has 41 heavy (non-hydrogen) atoms. The van der Waals surface area contributed by atoms with Crippen molar-refractivity contribution in [3.05, 3.63) is 114 Å². The molecule has 0 unspecified atom stereocenters. The molecule has 1 aliphatic heterocycles. The second-order valence-electron chi connectivity index (χ2n) is 11.2. The summed E-state index contributed by atoms with van der Waals surface area (Å²) in [5.74, 6) is 1.10. The summed E-state index contributed by atoms with van der Waals surface area (Å²) in [5, 5.41) is 0. The number of hydrogen-bond donors (Lipinski definition) is 0. The molecule has 0 saturated heterocycles. The summed E-state index contributed by atoms with van der Waals surface area (Å²) in [4.78, 5) is 15.7. The molecule has 1 fully saturated rings. The quantitative estimate of drug-likeness (QED) is 0.158. The highest BCUT2D eigenvalue weighted by atomic mass is 16.6. The molecule has 0 aromatic heterocycles. The Hall–Kier alpha value is -3.41. The Balaban J connectivity index is 1.18. The number of carbonyl (C=O) groups excluding carboxylic acids is 1. The van der Waals surface area contributed by atoms with Crippen molar-refractivity contribution in [3.8, 4) is 5.75 Å². The zero-order chi connectivity index (χ0) is 28.1. The number of ether oxygens (including phenoxy) is 3. The first-order chi connectivity index (χ1) is 20.3. The molecule has 2 aliphatic rings. The van der Waals surface area contributed by atoms with Crippen molar-refractivity contribution in [2.45, 2.75) is 76.7 Å². The maximum absolute atomic E-state index is 13.7. The third-order valence-corrected chi connectivity index (χ3v) is 8.29. The maximum atomic E-state index is 13.7. The minimum Gasteiger partial charge on any atom is -0.410 e. The molecule has 1 amide bonds. The highest BCUT2D eigenvalue weighted by Crippen LogP contribution is 2.41. The molecule has 1 heterocycles. The fourth-order valence-corrected chi connectivity index (χ4v) is 6.27. The highest BCUT2D eigenvalue weighted by Gasteiger charge is 2.40. The van der Waals surface area contributed by atoms with Gasteiger partial charge < -0.3 is 14.2 Å². The summed E-state index contributed by atoms with van der Waals surface area (Å²) >= 11 is 0. The monoisotopic (exact) mass is 553 g/mol. The van der Waals surface area contributed by atoms with Crippen molar-refractivity contribution in [1.82, 2.24) is 4.90 Å². The van der Waals surface area contributed by atoms with Crippen molar-refractivity contribution >= 4 is 6.09 Å². The standard InChI is InChI=1S/C36H43NO4/c38-36(41-33-20-8-3-9-21-33)37-32(19-12-26-40-28-30-15-6-2-7-16-30)23-24-34-31(17-10-22-35(34)37)18-11-25-39-27-29-13-4-1-5-14-29/h1-9,13-16,20-21,24,31-32,35H,10-12,17-19,22-23,25-28H2/t31-,32-,35+/m1/s1. The van der Waals surface area contributed by atoms with E-state index in [1.54, 1.807) is 0 Å². The van der Waals surface area contributed by atoms with E-state index in [9.17, 15) is 4.79 Å². The summed E-state index contributed by atoms with van der Waals surface area (Å²) in [6.07, 6.45) is 10.3. The van der Waals surface area contributed by atoms with E-state index < -0.39 is 0 Å². The highest BCUT2D eigenvalue weighted by molar-refractivity contribution is 5.72. The molecule has 0 bridgehead atoms. The number of carbonyl (C=O) groups is 1. The largest absolute Gasteiger partial charge is 0.416 e. The van der Waals surface area contributed by atoms with Crippen LogP contribution in [-0.2, 0) is 22.7 Å². The number of benzene rings is 3. The Morgan fingerprint density at radius 2 is 1.32 bits per heavy atom. The number of rotatable bonds is 13. The predicted molar refractivity (Wildman–Crippen MR) is 163 cm³/mol. The molecular formula is C36H43NO4. The summed E-state index contributed by atoms with van der Waals surface area (Å²) in [7, 11) is 0. The van der Waals surface area contributed by atoms with E-state index in [0.717, 1.165) is 51.6 Å². The summed E-state index contributed by atoms with van der Waals surface area (Å²) in [6.45, 7) is 2.72. The lowest BCUT2D eigenvalue weighted by Crippen LogP contribution is -2.53. The lowest BCUT2D eigenvalue weighted by molar-refractivity contribution is 0.0758. The third kappa shape index (κ3) is 8.54. The van der Waals surface area contributed by atoms with Gasteiger partial charge >= 0.3 is 6.09 Å². The van der Waals surface area contributed by atoms with Gasteiger partial charge in [-0.3, -0.25) is 4.90 Å². The predicted octanol–water partition coefficient (Wildman–Crippen LogP) is 8.35. The van der Waals surface area contributed by atoms with Crippen LogP contribution >= 0.6 is 0 Å². The van der Waals surface area contributed by atoms with Gasteiger partial charge in [0.2, 0.25) is 0 Å². The first-order valence-electron chi connectivity index (χ1n) is 15.3. The molecule has 0 N–H and O–H groups in total. The molecule has 3 atom stereocenters. The van der Waals surface area contributed by atoms with Gasteiger partial charge in [0.15, 0.2) is 0 Å². The Labute approximate surface area is 245 Å².